The zero-order valence-electron chi connectivity index (χ0n) is 15.5. The largest absolute Gasteiger partial charge is 0.348 e. The number of rotatable bonds is 3. The average molecular weight is 414 g/mol. The quantitative estimate of drug-likeness (QED) is 0.748. The molecular formula is C18H24ClN3O4S. The Kier molecular flexibility index (Phi) is 5.79. The van der Waals surface area contributed by atoms with Crippen molar-refractivity contribution in [2.24, 2.45) is 5.92 Å². The van der Waals surface area contributed by atoms with E-state index in [9.17, 15) is 18.0 Å². The van der Waals surface area contributed by atoms with Crippen molar-refractivity contribution in [2.75, 3.05) is 40.3 Å². The minimum Gasteiger partial charge on any atom is -0.348 e. The Balaban J connectivity index is 1.69. The van der Waals surface area contributed by atoms with E-state index in [1.54, 1.807) is 43.3 Å². The van der Waals surface area contributed by atoms with E-state index in [1.807, 2.05) is 0 Å². The summed E-state index contributed by atoms with van der Waals surface area (Å²) in [4.78, 5) is 27.8. The van der Waals surface area contributed by atoms with Crippen LogP contribution in [-0.4, -0.2) is 79.9 Å². The number of nitrogens with zero attached hydrogens (tertiary/aromatic N) is 3. The van der Waals surface area contributed by atoms with E-state index in [0.717, 1.165) is 0 Å². The second-order valence-electron chi connectivity index (χ2n) is 7.30. The van der Waals surface area contributed by atoms with Crippen LogP contribution >= 0.6 is 11.6 Å². The van der Waals surface area contributed by atoms with Crippen LogP contribution in [0.4, 0.5) is 0 Å². The number of carbonyl (C=O) groups is 2. The van der Waals surface area contributed by atoms with E-state index in [4.69, 9.17) is 11.6 Å². The van der Waals surface area contributed by atoms with Gasteiger partial charge in [-0.1, -0.05) is 11.6 Å². The Bertz CT molecular complexity index is 826. The first-order valence-electron chi connectivity index (χ1n) is 8.94. The van der Waals surface area contributed by atoms with Gasteiger partial charge in [-0.3, -0.25) is 9.59 Å². The number of likely N-dealkylation sites (tertiary alicyclic amines) is 1. The first-order valence-corrected chi connectivity index (χ1v) is 10.8. The van der Waals surface area contributed by atoms with E-state index in [2.05, 4.69) is 0 Å². The van der Waals surface area contributed by atoms with Crippen LogP contribution in [0.3, 0.4) is 0 Å². The lowest BCUT2D eigenvalue weighted by atomic mass is 10.0. The van der Waals surface area contributed by atoms with Crippen LogP contribution in [0.15, 0.2) is 24.3 Å². The van der Waals surface area contributed by atoms with Crippen molar-refractivity contribution >= 4 is 33.4 Å². The van der Waals surface area contributed by atoms with Crippen molar-refractivity contribution in [3.8, 4) is 0 Å². The summed E-state index contributed by atoms with van der Waals surface area (Å²) in [7, 11) is -0.300. The van der Waals surface area contributed by atoms with Crippen LogP contribution in [0, 0.1) is 5.92 Å². The van der Waals surface area contributed by atoms with E-state index >= 15 is 0 Å². The predicted molar refractivity (Wildman–Crippen MR) is 103 cm³/mol. The summed E-state index contributed by atoms with van der Waals surface area (Å²) < 4.78 is 27.0. The third-order valence-electron chi connectivity index (χ3n) is 5.35. The van der Waals surface area contributed by atoms with Gasteiger partial charge in [0.1, 0.15) is 0 Å². The highest BCUT2D eigenvalue weighted by Crippen LogP contribution is 2.34. The van der Waals surface area contributed by atoms with E-state index < -0.39 is 15.3 Å². The molecule has 27 heavy (non-hydrogen) atoms. The summed E-state index contributed by atoms with van der Waals surface area (Å²) in [5.41, 5.74) is 0.549. The number of hydrogen-bond acceptors (Lipinski definition) is 4. The number of sulfonamides is 1. The van der Waals surface area contributed by atoms with Crippen molar-refractivity contribution in [1.29, 1.82) is 0 Å². The van der Waals surface area contributed by atoms with Gasteiger partial charge in [-0.15, -0.1) is 0 Å². The molecule has 0 saturated carbocycles. The third kappa shape index (κ3) is 4.12. The lowest BCUT2D eigenvalue weighted by molar-refractivity contribution is -0.128. The van der Waals surface area contributed by atoms with Crippen molar-refractivity contribution < 1.29 is 18.0 Å². The predicted octanol–water partition coefficient (Wildman–Crippen LogP) is 1.29. The molecule has 2 atom stereocenters. The van der Waals surface area contributed by atoms with E-state index in [-0.39, 0.29) is 24.3 Å². The van der Waals surface area contributed by atoms with E-state index in [1.165, 1.54) is 9.21 Å². The molecule has 2 fully saturated rings. The van der Waals surface area contributed by atoms with Gasteiger partial charge in [-0.25, -0.2) is 8.42 Å². The standard InChI is InChI=1S/C18H24ClN3O4S/c1-20(2)17(23)12-22-11-14-7-9-21(10-8-16(14)27(22,25)26)18(24)13-3-5-15(19)6-4-13/h3-6,14,16H,7-12H2,1-2H3/t14-,16-/m1/s1. The molecule has 148 valence electrons. The number of likely N-dealkylation sites (N-methyl/N-ethyl adjacent to an activating group) is 1. The molecule has 2 saturated heterocycles. The summed E-state index contributed by atoms with van der Waals surface area (Å²) in [6.45, 7) is 1.12. The zero-order chi connectivity index (χ0) is 19.8. The van der Waals surface area contributed by atoms with Gasteiger partial charge in [0.25, 0.3) is 5.91 Å². The highest BCUT2D eigenvalue weighted by atomic mass is 35.5. The van der Waals surface area contributed by atoms with Crippen molar-refractivity contribution in [1.82, 2.24) is 14.1 Å². The Labute approximate surface area is 164 Å². The summed E-state index contributed by atoms with van der Waals surface area (Å²) in [5.74, 6) is -0.397. The van der Waals surface area contributed by atoms with Gasteiger partial charge in [-0.05, 0) is 43.0 Å². The fourth-order valence-electron chi connectivity index (χ4n) is 3.72. The van der Waals surface area contributed by atoms with Crippen LogP contribution in [0.1, 0.15) is 23.2 Å². The lowest BCUT2D eigenvalue weighted by Gasteiger charge is -2.22. The number of fused-ring (bicyclic) bond motifs is 1. The second kappa shape index (κ2) is 7.77. The normalized spacial score (nSPS) is 24.9. The Hall–Kier alpha value is -1.64. The Morgan fingerprint density at radius 3 is 2.41 bits per heavy atom. The molecule has 0 radical (unpaired) electrons. The van der Waals surface area contributed by atoms with Gasteiger partial charge in [0, 0.05) is 44.3 Å². The van der Waals surface area contributed by atoms with Gasteiger partial charge < -0.3 is 9.80 Å². The molecule has 1 aromatic rings. The Morgan fingerprint density at radius 1 is 1.15 bits per heavy atom. The fourth-order valence-corrected chi connectivity index (χ4v) is 6.03. The molecule has 2 heterocycles. The molecule has 0 aliphatic carbocycles. The lowest BCUT2D eigenvalue weighted by Crippen LogP contribution is -2.39. The zero-order valence-corrected chi connectivity index (χ0v) is 17.0. The number of hydrogen-bond donors (Lipinski definition) is 0. The number of halogens is 1. The van der Waals surface area contributed by atoms with Gasteiger partial charge in [0.15, 0.2) is 0 Å². The molecule has 9 heteroatoms. The summed E-state index contributed by atoms with van der Waals surface area (Å²) in [5, 5.41) is 0.0332. The van der Waals surface area contributed by atoms with Crippen molar-refractivity contribution in [2.45, 2.75) is 18.1 Å². The van der Waals surface area contributed by atoms with Crippen molar-refractivity contribution in [3.63, 3.8) is 0 Å². The van der Waals surface area contributed by atoms with Crippen LogP contribution in [0.25, 0.3) is 0 Å². The maximum absolute atomic E-state index is 12.9. The molecule has 0 aromatic heterocycles. The number of amides is 2. The Morgan fingerprint density at radius 2 is 1.78 bits per heavy atom. The van der Waals surface area contributed by atoms with Crippen LogP contribution in [0.5, 0.6) is 0 Å². The molecule has 0 unspecified atom stereocenters. The van der Waals surface area contributed by atoms with Gasteiger partial charge >= 0.3 is 0 Å². The third-order valence-corrected chi connectivity index (χ3v) is 7.98. The molecule has 2 aliphatic rings. The van der Waals surface area contributed by atoms with Crippen LogP contribution < -0.4 is 0 Å². The smallest absolute Gasteiger partial charge is 0.253 e. The molecule has 7 nitrogen and oxygen atoms in total. The molecule has 3 rings (SSSR count). The van der Waals surface area contributed by atoms with Crippen LogP contribution in [0.2, 0.25) is 5.02 Å². The molecular weight excluding hydrogens is 390 g/mol. The average Bonchev–Trinajstić information content (AvgIpc) is 2.77. The molecule has 0 bridgehead atoms. The second-order valence-corrected chi connectivity index (χ2v) is 9.89. The maximum Gasteiger partial charge on any atom is 0.253 e. The molecule has 0 spiro atoms. The number of carbonyl (C=O) groups excluding carboxylic acids is 2. The maximum atomic E-state index is 12.9. The number of benzene rings is 1. The fraction of sp³-hybridized carbons (Fsp3) is 0.556. The summed E-state index contributed by atoms with van der Waals surface area (Å²) in [6.07, 6.45) is 0.995. The molecule has 0 N–H and O–H groups in total. The minimum absolute atomic E-state index is 0.0621. The summed E-state index contributed by atoms with van der Waals surface area (Å²) in [6, 6.07) is 6.71. The van der Waals surface area contributed by atoms with Gasteiger partial charge in [-0.2, -0.15) is 4.31 Å². The SMILES string of the molecule is CN(C)C(=O)CN1C[C@H]2CCN(C(=O)c3ccc(Cl)cc3)CC[C@H]2S1(=O)=O. The van der Waals surface area contributed by atoms with Crippen LogP contribution in [-0.2, 0) is 14.8 Å². The minimum atomic E-state index is -3.53. The monoisotopic (exact) mass is 413 g/mol. The topological polar surface area (TPSA) is 78.0 Å². The van der Waals surface area contributed by atoms with Crippen molar-refractivity contribution in [3.05, 3.63) is 34.9 Å². The first kappa shape index (κ1) is 20.1. The highest BCUT2D eigenvalue weighted by Gasteiger charge is 2.47. The van der Waals surface area contributed by atoms with Gasteiger partial charge in [0.05, 0.1) is 11.8 Å². The first-order chi connectivity index (χ1) is 12.7. The summed E-state index contributed by atoms with van der Waals surface area (Å²) >= 11 is 5.87. The van der Waals surface area contributed by atoms with Gasteiger partial charge in [0.2, 0.25) is 15.9 Å². The molecule has 1 aromatic carbocycles. The molecule has 2 aliphatic heterocycles. The molecule has 2 amide bonds. The highest BCUT2D eigenvalue weighted by molar-refractivity contribution is 7.90. The van der Waals surface area contributed by atoms with E-state index in [0.29, 0.717) is 43.1 Å².